The van der Waals surface area contributed by atoms with Crippen LogP contribution in [0.2, 0.25) is 0 Å². The van der Waals surface area contributed by atoms with Gasteiger partial charge in [-0.2, -0.15) is 0 Å². The third-order valence-corrected chi connectivity index (χ3v) is 14.0. The highest BCUT2D eigenvalue weighted by atomic mass is 16.7. The van der Waals surface area contributed by atoms with Crippen molar-refractivity contribution in [1.82, 2.24) is 0 Å². The van der Waals surface area contributed by atoms with Gasteiger partial charge in [0.05, 0.1) is 34.4 Å². The van der Waals surface area contributed by atoms with Gasteiger partial charge in [-0.1, -0.05) is 279 Å². The van der Waals surface area contributed by atoms with E-state index in [1.807, 2.05) is 21.1 Å². The molecule has 0 aliphatic carbocycles. The van der Waals surface area contributed by atoms with Crippen LogP contribution in [0.3, 0.4) is 0 Å². The molecule has 0 rings (SSSR count). The number of ether oxygens (including phenoxy) is 4. The number of aliphatic carboxylic acids is 1. The molecule has 0 spiro atoms. The summed E-state index contributed by atoms with van der Waals surface area (Å²) in [6, 6.07) is 0. The van der Waals surface area contributed by atoms with Gasteiger partial charge in [-0.05, 0) is 64.2 Å². The molecule has 0 aromatic carbocycles. The fourth-order valence-corrected chi connectivity index (χ4v) is 9.08. The van der Waals surface area contributed by atoms with Gasteiger partial charge >= 0.3 is 17.9 Å². The second kappa shape index (κ2) is 58.9. The number of esters is 2. The third-order valence-electron chi connectivity index (χ3n) is 14.0. The molecule has 0 heterocycles. The Morgan fingerprint density at radius 3 is 1.10 bits per heavy atom. The van der Waals surface area contributed by atoms with Crippen LogP contribution >= 0.6 is 0 Å². The van der Waals surface area contributed by atoms with Crippen molar-refractivity contribution in [1.29, 1.82) is 0 Å². The highest BCUT2D eigenvalue weighted by Gasteiger charge is 2.25. The standard InChI is InChI=1S/C68H121NO8/c1-6-8-10-12-14-16-18-20-22-24-25-26-27-28-29-30-31-32-33-34-35-36-37-38-39-40-41-43-45-47-49-51-53-55-57-59-66(71)77-64(63-76-68(67(72)73)74-61-60-69(3,4)5)62-75-65(70)58-56-54-52-50-48-46-44-42-23-21-19-17-15-13-11-9-7-2/h8,10,14,16,20,22,25-26,28-29,31-32,64,68H,6-7,9,11-13,15,17-19,21,23-24,27,30,33-63H2,1-5H3/p+1/b10-8-,16-14-,22-20-,26-25-,29-28-,32-31-. The van der Waals surface area contributed by atoms with E-state index in [1.165, 1.54) is 180 Å². The largest absolute Gasteiger partial charge is 0.477 e. The maximum absolute atomic E-state index is 12.9. The SMILES string of the molecule is CC/C=C\C/C=C\C/C=C\C/C=C\C/C=C\C/C=C\CCCCCCCCCCCCCCCCCCC(=O)OC(COC(=O)CCCCCCCCCCCCCCCCCCC)COC(OCC[N+](C)(C)C)C(=O)O. The summed E-state index contributed by atoms with van der Waals surface area (Å²) in [4.78, 5) is 37.5. The molecule has 9 nitrogen and oxygen atoms in total. The number of nitrogens with zero attached hydrogens (tertiary/aromatic N) is 1. The molecule has 9 heteroatoms. The van der Waals surface area contributed by atoms with Crippen LogP contribution < -0.4 is 0 Å². The molecular weight excluding hydrogens is 959 g/mol. The van der Waals surface area contributed by atoms with Crippen LogP contribution in [-0.2, 0) is 33.3 Å². The Morgan fingerprint density at radius 2 is 0.740 bits per heavy atom. The van der Waals surface area contributed by atoms with Gasteiger partial charge in [-0.3, -0.25) is 9.59 Å². The van der Waals surface area contributed by atoms with Gasteiger partial charge in [0.2, 0.25) is 0 Å². The Hall–Kier alpha value is -3.27. The van der Waals surface area contributed by atoms with E-state index in [0.717, 1.165) is 77.0 Å². The molecule has 0 aliphatic heterocycles. The number of likely N-dealkylation sites (N-methyl/N-ethyl adjacent to an activating group) is 1. The molecule has 0 bridgehead atoms. The van der Waals surface area contributed by atoms with Gasteiger partial charge in [0.1, 0.15) is 13.2 Å². The van der Waals surface area contributed by atoms with Gasteiger partial charge in [0.25, 0.3) is 6.29 Å². The van der Waals surface area contributed by atoms with Crippen molar-refractivity contribution in [2.24, 2.45) is 0 Å². The molecule has 1 N–H and O–H groups in total. The lowest BCUT2D eigenvalue weighted by atomic mass is 10.0. The van der Waals surface area contributed by atoms with E-state index in [-0.39, 0.29) is 32.2 Å². The van der Waals surface area contributed by atoms with Crippen LogP contribution in [0.15, 0.2) is 72.9 Å². The second-order valence-electron chi connectivity index (χ2n) is 22.7. The smallest absolute Gasteiger partial charge is 0.361 e. The number of carbonyl (C=O) groups excluding carboxylic acids is 2. The third kappa shape index (κ3) is 60.2. The Bertz CT molecular complexity index is 1490. The van der Waals surface area contributed by atoms with Gasteiger partial charge in [0, 0.05) is 12.8 Å². The first-order valence-corrected chi connectivity index (χ1v) is 32.1. The quantitative estimate of drug-likeness (QED) is 0.0211. The van der Waals surface area contributed by atoms with Gasteiger partial charge in [-0.25, -0.2) is 4.79 Å². The average Bonchev–Trinajstić information content (AvgIpc) is 3.40. The van der Waals surface area contributed by atoms with Crippen molar-refractivity contribution in [3.8, 4) is 0 Å². The summed E-state index contributed by atoms with van der Waals surface area (Å²) in [7, 11) is 5.98. The maximum Gasteiger partial charge on any atom is 0.361 e. The molecule has 446 valence electrons. The van der Waals surface area contributed by atoms with Crippen LogP contribution in [0, 0.1) is 0 Å². The highest BCUT2D eigenvalue weighted by molar-refractivity contribution is 5.71. The average molecular weight is 1080 g/mol. The Kier molecular flexibility index (Phi) is 56.4. The number of carboxylic acids is 1. The number of carboxylic acid groups (broad SMARTS) is 1. The summed E-state index contributed by atoms with van der Waals surface area (Å²) in [6.07, 6.45) is 74.2. The van der Waals surface area contributed by atoms with E-state index in [0.29, 0.717) is 17.4 Å². The van der Waals surface area contributed by atoms with E-state index in [2.05, 4.69) is 86.8 Å². The molecular formula is C68H122NO8+. The summed E-state index contributed by atoms with van der Waals surface area (Å²) >= 11 is 0. The first kappa shape index (κ1) is 73.7. The van der Waals surface area contributed by atoms with Crippen molar-refractivity contribution < 1.29 is 42.9 Å². The molecule has 0 saturated heterocycles. The summed E-state index contributed by atoms with van der Waals surface area (Å²) in [6.45, 7) is 4.80. The van der Waals surface area contributed by atoms with Crippen molar-refractivity contribution >= 4 is 17.9 Å². The van der Waals surface area contributed by atoms with Crippen molar-refractivity contribution in [3.63, 3.8) is 0 Å². The number of allylic oxidation sites excluding steroid dienone is 12. The Labute approximate surface area is 475 Å². The van der Waals surface area contributed by atoms with Crippen LogP contribution in [-0.4, -0.2) is 87.4 Å². The lowest BCUT2D eigenvalue weighted by Gasteiger charge is -2.25. The number of hydrogen-bond donors (Lipinski definition) is 1. The minimum atomic E-state index is -1.51. The van der Waals surface area contributed by atoms with Gasteiger partial charge < -0.3 is 28.5 Å². The predicted octanol–water partition coefficient (Wildman–Crippen LogP) is 19.4. The molecule has 0 aliphatic rings. The molecule has 0 radical (unpaired) electrons. The topological polar surface area (TPSA) is 108 Å². The Morgan fingerprint density at radius 1 is 0.403 bits per heavy atom. The lowest BCUT2D eigenvalue weighted by Crippen LogP contribution is -2.40. The van der Waals surface area contributed by atoms with Crippen LogP contribution in [0.5, 0.6) is 0 Å². The molecule has 77 heavy (non-hydrogen) atoms. The van der Waals surface area contributed by atoms with Crippen molar-refractivity contribution in [2.75, 3.05) is 47.5 Å². The van der Waals surface area contributed by atoms with Crippen molar-refractivity contribution in [3.05, 3.63) is 72.9 Å². The number of unbranched alkanes of at least 4 members (excludes halogenated alkanes) is 32. The zero-order valence-corrected chi connectivity index (χ0v) is 50.9. The molecule has 0 amide bonds. The fraction of sp³-hybridized carbons (Fsp3) is 0.779. The first-order valence-electron chi connectivity index (χ1n) is 32.1. The van der Waals surface area contributed by atoms with Crippen LogP contribution in [0.25, 0.3) is 0 Å². The predicted molar refractivity (Wildman–Crippen MR) is 327 cm³/mol. The van der Waals surface area contributed by atoms with Gasteiger partial charge in [0.15, 0.2) is 6.10 Å². The highest BCUT2D eigenvalue weighted by Crippen LogP contribution is 2.17. The van der Waals surface area contributed by atoms with Crippen LogP contribution in [0.4, 0.5) is 0 Å². The number of hydrogen-bond acceptors (Lipinski definition) is 7. The van der Waals surface area contributed by atoms with E-state index < -0.39 is 24.3 Å². The lowest BCUT2D eigenvalue weighted by molar-refractivity contribution is -0.870. The zero-order chi connectivity index (χ0) is 56.2. The van der Waals surface area contributed by atoms with E-state index >= 15 is 0 Å². The summed E-state index contributed by atoms with van der Waals surface area (Å²) in [5.41, 5.74) is 0. The summed E-state index contributed by atoms with van der Waals surface area (Å²) in [5.74, 6) is -1.99. The molecule has 2 unspecified atom stereocenters. The Balaban J connectivity index is 4.09. The molecule has 0 aromatic rings. The number of quaternary nitrogens is 1. The van der Waals surface area contributed by atoms with E-state index in [9.17, 15) is 19.5 Å². The first-order chi connectivity index (χ1) is 37.6. The van der Waals surface area contributed by atoms with Gasteiger partial charge in [-0.15, -0.1) is 0 Å². The maximum atomic E-state index is 12.9. The van der Waals surface area contributed by atoms with Crippen LogP contribution in [0.1, 0.15) is 284 Å². The fourth-order valence-electron chi connectivity index (χ4n) is 9.08. The normalized spacial score (nSPS) is 13.2. The minimum Gasteiger partial charge on any atom is -0.477 e. The number of rotatable bonds is 59. The zero-order valence-electron chi connectivity index (χ0n) is 50.9. The number of carbonyl (C=O) groups is 3. The van der Waals surface area contributed by atoms with E-state index in [4.69, 9.17) is 18.9 Å². The summed E-state index contributed by atoms with van der Waals surface area (Å²) < 4.78 is 22.9. The van der Waals surface area contributed by atoms with E-state index in [1.54, 1.807) is 0 Å². The molecule has 0 fully saturated rings. The van der Waals surface area contributed by atoms with Crippen molar-refractivity contribution in [2.45, 2.75) is 296 Å². The monoisotopic (exact) mass is 1080 g/mol. The summed E-state index contributed by atoms with van der Waals surface area (Å²) in [5, 5.41) is 9.72. The molecule has 0 aromatic heterocycles. The molecule has 2 atom stereocenters. The second-order valence-corrected chi connectivity index (χ2v) is 22.7. The molecule has 0 saturated carbocycles. The minimum absolute atomic E-state index is 0.179.